The predicted octanol–water partition coefficient (Wildman–Crippen LogP) is 4.07. The molecule has 0 saturated heterocycles. The standard InChI is InChI=1S/C14H17BrN2S/c1-3-12-8-17-14(18-12)9-16-7-11-4-5-13(15)10(2)6-11/h4-6,8,16H,3,7,9H2,1-2H3. The second-order valence-corrected chi connectivity index (χ2v) is 6.32. The van der Waals surface area contributed by atoms with Gasteiger partial charge in [-0.25, -0.2) is 4.98 Å². The summed E-state index contributed by atoms with van der Waals surface area (Å²) in [4.78, 5) is 5.75. The van der Waals surface area contributed by atoms with Crippen LogP contribution in [0.3, 0.4) is 0 Å². The third-order valence-electron chi connectivity index (χ3n) is 2.78. The summed E-state index contributed by atoms with van der Waals surface area (Å²) in [6, 6.07) is 6.45. The molecule has 0 atom stereocenters. The van der Waals surface area contributed by atoms with Crippen LogP contribution in [0.15, 0.2) is 28.9 Å². The third kappa shape index (κ3) is 3.64. The SMILES string of the molecule is CCc1cnc(CNCc2ccc(Br)c(C)c2)s1. The highest BCUT2D eigenvalue weighted by molar-refractivity contribution is 9.10. The Bertz CT molecular complexity index is 522. The Morgan fingerprint density at radius 2 is 2.17 bits per heavy atom. The summed E-state index contributed by atoms with van der Waals surface area (Å²) in [5.74, 6) is 0. The van der Waals surface area contributed by atoms with Crippen LogP contribution in [0, 0.1) is 6.92 Å². The second kappa shape index (κ2) is 6.45. The van der Waals surface area contributed by atoms with Gasteiger partial charge in [0.15, 0.2) is 0 Å². The Hall–Kier alpha value is -0.710. The maximum absolute atomic E-state index is 4.40. The van der Waals surface area contributed by atoms with Crippen LogP contribution in [0.4, 0.5) is 0 Å². The molecule has 0 spiro atoms. The molecule has 0 amide bonds. The van der Waals surface area contributed by atoms with Crippen molar-refractivity contribution in [1.82, 2.24) is 10.3 Å². The van der Waals surface area contributed by atoms with Gasteiger partial charge in [0.2, 0.25) is 0 Å². The zero-order valence-electron chi connectivity index (χ0n) is 10.7. The summed E-state index contributed by atoms with van der Waals surface area (Å²) in [5.41, 5.74) is 2.58. The minimum Gasteiger partial charge on any atom is -0.306 e. The highest BCUT2D eigenvalue weighted by Crippen LogP contribution is 2.17. The van der Waals surface area contributed by atoms with Gasteiger partial charge in [-0.2, -0.15) is 0 Å². The normalized spacial score (nSPS) is 10.8. The molecule has 2 rings (SSSR count). The van der Waals surface area contributed by atoms with Gasteiger partial charge in [-0.15, -0.1) is 11.3 Å². The molecule has 2 nitrogen and oxygen atoms in total. The van der Waals surface area contributed by atoms with Crippen molar-refractivity contribution in [1.29, 1.82) is 0 Å². The molecular formula is C14H17BrN2S. The Labute approximate surface area is 121 Å². The van der Waals surface area contributed by atoms with E-state index in [2.05, 4.69) is 58.3 Å². The molecule has 0 aliphatic rings. The Kier molecular flexibility index (Phi) is 4.92. The molecule has 0 aliphatic carbocycles. The van der Waals surface area contributed by atoms with Gasteiger partial charge in [0.05, 0.1) is 0 Å². The van der Waals surface area contributed by atoms with Gasteiger partial charge >= 0.3 is 0 Å². The predicted molar refractivity (Wildman–Crippen MR) is 80.9 cm³/mol. The molecule has 0 bridgehead atoms. The Morgan fingerprint density at radius 3 is 2.83 bits per heavy atom. The van der Waals surface area contributed by atoms with E-state index in [1.807, 2.05) is 6.20 Å². The van der Waals surface area contributed by atoms with Crippen molar-refractivity contribution in [3.63, 3.8) is 0 Å². The van der Waals surface area contributed by atoms with E-state index < -0.39 is 0 Å². The fourth-order valence-electron chi connectivity index (χ4n) is 1.72. The van der Waals surface area contributed by atoms with Crippen LogP contribution in [-0.4, -0.2) is 4.98 Å². The lowest BCUT2D eigenvalue weighted by atomic mass is 10.1. The van der Waals surface area contributed by atoms with Gasteiger partial charge in [-0.3, -0.25) is 0 Å². The molecule has 2 aromatic rings. The first kappa shape index (κ1) is 13.7. The molecule has 0 unspecified atom stereocenters. The van der Waals surface area contributed by atoms with E-state index in [0.29, 0.717) is 0 Å². The largest absolute Gasteiger partial charge is 0.306 e. The minimum atomic E-state index is 0.847. The van der Waals surface area contributed by atoms with Crippen LogP contribution in [-0.2, 0) is 19.5 Å². The molecule has 18 heavy (non-hydrogen) atoms. The van der Waals surface area contributed by atoms with Crippen molar-refractivity contribution < 1.29 is 0 Å². The maximum atomic E-state index is 4.40. The van der Waals surface area contributed by atoms with Crippen LogP contribution >= 0.6 is 27.3 Å². The number of aryl methyl sites for hydroxylation is 2. The number of nitrogens with one attached hydrogen (secondary N) is 1. The fraction of sp³-hybridized carbons (Fsp3) is 0.357. The first-order valence-electron chi connectivity index (χ1n) is 6.08. The Balaban J connectivity index is 1.86. The van der Waals surface area contributed by atoms with Crippen molar-refractivity contribution >= 4 is 27.3 Å². The first-order valence-corrected chi connectivity index (χ1v) is 7.69. The van der Waals surface area contributed by atoms with E-state index in [1.54, 1.807) is 11.3 Å². The van der Waals surface area contributed by atoms with E-state index in [9.17, 15) is 0 Å². The molecule has 0 aliphatic heterocycles. The third-order valence-corrected chi connectivity index (χ3v) is 4.81. The van der Waals surface area contributed by atoms with Crippen molar-refractivity contribution in [2.24, 2.45) is 0 Å². The molecule has 0 fully saturated rings. The van der Waals surface area contributed by atoms with Crippen LogP contribution < -0.4 is 5.32 Å². The zero-order valence-corrected chi connectivity index (χ0v) is 13.1. The highest BCUT2D eigenvalue weighted by Gasteiger charge is 2.01. The topological polar surface area (TPSA) is 24.9 Å². The lowest BCUT2D eigenvalue weighted by molar-refractivity contribution is 0.689. The molecule has 1 aromatic heterocycles. The van der Waals surface area contributed by atoms with Gasteiger partial charge in [-0.1, -0.05) is 35.0 Å². The number of thiazole rings is 1. The van der Waals surface area contributed by atoms with Crippen molar-refractivity contribution in [3.8, 4) is 0 Å². The first-order chi connectivity index (χ1) is 8.69. The quantitative estimate of drug-likeness (QED) is 0.896. The van der Waals surface area contributed by atoms with Gasteiger partial charge in [0.1, 0.15) is 5.01 Å². The summed E-state index contributed by atoms with van der Waals surface area (Å²) < 4.78 is 1.17. The monoisotopic (exact) mass is 324 g/mol. The number of nitrogens with zero attached hydrogens (tertiary/aromatic N) is 1. The maximum Gasteiger partial charge on any atom is 0.107 e. The van der Waals surface area contributed by atoms with E-state index >= 15 is 0 Å². The molecule has 1 N–H and O–H groups in total. The van der Waals surface area contributed by atoms with Crippen LogP contribution in [0.1, 0.15) is 27.9 Å². The van der Waals surface area contributed by atoms with E-state index in [1.165, 1.54) is 25.5 Å². The van der Waals surface area contributed by atoms with Crippen molar-refractivity contribution in [2.45, 2.75) is 33.4 Å². The number of halogens is 1. The number of benzene rings is 1. The lowest BCUT2D eigenvalue weighted by Gasteiger charge is -2.05. The van der Waals surface area contributed by atoms with Crippen molar-refractivity contribution in [3.05, 3.63) is 49.9 Å². The van der Waals surface area contributed by atoms with E-state index in [4.69, 9.17) is 0 Å². The summed E-state index contributed by atoms with van der Waals surface area (Å²) >= 11 is 5.31. The minimum absolute atomic E-state index is 0.847. The zero-order chi connectivity index (χ0) is 13.0. The van der Waals surface area contributed by atoms with Gasteiger partial charge in [-0.05, 0) is 30.5 Å². The number of aromatic nitrogens is 1. The number of hydrogen-bond donors (Lipinski definition) is 1. The smallest absolute Gasteiger partial charge is 0.107 e. The van der Waals surface area contributed by atoms with Gasteiger partial charge in [0, 0.05) is 28.6 Å². The molecular weight excluding hydrogens is 308 g/mol. The number of hydrogen-bond acceptors (Lipinski definition) is 3. The Morgan fingerprint density at radius 1 is 1.33 bits per heavy atom. The average molecular weight is 325 g/mol. The summed E-state index contributed by atoms with van der Waals surface area (Å²) in [6.45, 7) is 6.01. The molecule has 0 radical (unpaired) electrons. The lowest BCUT2D eigenvalue weighted by Crippen LogP contribution is -2.12. The molecule has 1 heterocycles. The van der Waals surface area contributed by atoms with Gasteiger partial charge < -0.3 is 5.32 Å². The van der Waals surface area contributed by atoms with Crippen molar-refractivity contribution in [2.75, 3.05) is 0 Å². The molecule has 1 aromatic carbocycles. The highest BCUT2D eigenvalue weighted by atomic mass is 79.9. The van der Waals surface area contributed by atoms with Gasteiger partial charge in [0.25, 0.3) is 0 Å². The molecule has 4 heteroatoms. The summed E-state index contributed by atoms with van der Waals surface area (Å²) in [6.07, 6.45) is 3.05. The number of rotatable bonds is 5. The second-order valence-electron chi connectivity index (χ2n) is 4.26. The van der Waals surface area contributed by atoms with Crippen LogP contribution in [0.2, 0.25) is 0 Å². The van der Waals surface area contributed by atoms with E-state index in [-0.39, 0.29) is 0 Å². The molecule has 96 valence electrons. The van der Waals surface area contributed by atoms with E-state index in [0.717, 1.165) is 19.5 Å². The summed E-state index contributed by atoms with van der Waals surface area (Å²) in [7, 11) is 0. The summed E-state index contributed by atoms with van der Waals surface area (Å²) in [5, 5.41) is 4.60. The average Bonchev–Trinajstić information content (AvgIpc) is 2.82. The fourth-order valence-corrected chi connectivity index (χ4v) is 2.80. The van der Waals surface area contributed by atoms with Crippen LogP contribution in [0.5, 0.6) is 0 Å². The molecule has 0 saturated carbocycles. The van der Waals surface area contributed by atoms with Crippen LogP contribution in [0.25, 0.3) is 0 Å².